The predicted molar refractivity (Wildman–Crippen MR) is 133 cm³/mol. The zero-order valence-corrected chi connectivity index (χ0v) is 20.5. The molecule has 0 spiro atoms. The van der Waals surface area contributed by atoms with Crippen molar-refractivity contribution in [2.45, 2.75) is 40.0 Å². The summed E-state index contributed by atoms with van der Waals surface area (Å²) in [6, 6.07) is 10.3. The van der Waals surface area contributed by atoms with Crippen molar-refractivity contribution in [1.29, 1.82) is 0 Å². The average Bonchev–Trinajstić information content (AvgIpc) is 3.50. The van der Waals surface area contributed by atoms with Gasteiger partial charge in [0.25, 0.3) is 0 Å². The fourth-order valence-corrected chi connectivity index (χ4v) is 3.18. The Hall–Kier alpha value is -3.64. The molecule has 3 heterocycles. The van der Waals surface area contributed by atoms with Gasteiger partial charge in [-0.2, -0.15) is 5.48 Å². The molecule has 2 atom stereocenters. The zero-order chi connectivity index (χ0) is 25.4. The maximum atomic E-state index is 11.5. The van der Waals surface area contributed by atoms with Gasteiger partial charge in [-0.1, -0.05) is 37.6 Å². The van der Waals surface area contributed by atoms with E-state index in [0.717, 1.165) is 0 Å². The minimum Gasteiger partial charge on any atom is -0.417 e. The fourth-order valence-electron chi connectivity index (χ4n) is 2.96. The highest BCUT2D eigenvalue weighted by Gasteiger charge is 2.21. The van der Waals surface area contributed by atoms with E-state index in [4.69, 9.17) is 26.6 Å². The highest BCUT2D eigenvalue weighted by Crippen LogP contribution is 2.27. The number of hydrogen-bond donors (Lipinski definition) is 3. The number of hydrogen-bond acceptors (Lipinski definition) is 9. The standard InChI is InChI=1S/C21H21ClN8O3.C2H6/c1-12(33-29-13(2)23)20-27-25-17(30(20)16-6-4-3-5-15(16)22)7-8-19-26-28-21(32-19)14-9-10-24-18(31)11-14;1-2/h3-13,29H,23H2,1-2H3,(H,24,31);1-2H3/b8-7+;. The van der Waals surface area contributed by atoms with E-state index in [1.54, 1.807) is 35.8 Å². The molecule has 0 amide bonds. The summed E-state index contributed by atoms with van der Waals surface area (Å²) in [5.74, 6) is 1.41. The minimum absolute atomic E-state index is 0.220. The van der Waals surface area contributed by atoms with Crippen LogP contribution in [0.1, 0.15) is 51.3 Å². The van der Waals surface area contributed by atoms with Crippen LogP contribution in [0, 0.1) is 0 Å². The number of nitrogens with one attached hydrogen (secondary N) is 2. The van der Waals surface area contributed by atoms with Gasteiger partial charge >= 0.3 is 0 Å². The lowest BCUT2D eigenvalue weighted by molar-refractivity contribution is -0.0372. The van der Waals surface area contributed by atoms with Crippen molar-refractivity contribution < 1.29 is 9.25 Å². The lowest BCUT2D eigenvalue weighted by Crippen LogP contribution is -2.35. The summed E-state index contributed by atoms with van der Waals surface area (Å²) in [7, 11) is 0. The third kappa shape index (κ3) is 6.49. The summed E-state index contributed by atoms with van der Waals surface area (Å²) in [5.41, 5.74) is 9.34. The normalized spacial score (nSPS) is 12.9. The molecule has 4 aromatic rings. The number of hydroxylamine groups is 1. The van der Waals surface area contributed by atoms with Crippen LogP contribution in [-0.4, -0.2) is 36.1 Å². The lowest BCUT2D eigenvalue weighted by Gasteiger charge is -2.17. The first-order valence-corrected chi connectivity index (χ1v) is 11.4. The first kappa shape index (κ1) is 26.0. The van der Waals surface area contributed by atoms with Gasteiger partial charge in [-0.3, -0.25) is 14.2 Å². The lowest BCUT2D eigenvalue weighted by atomic mass is 10.2. The number of nitrogens with two attached hydrogens (primary N) is 1. The Morgan fingerprint density at radius 1 is 1.14 bits per heavy atom. The first-order chi connectivity index (χ1) is 16.9. The summed E-state index contributed by atoms with van der Waals surface area (Å²) >= 11 is 6.45. The van der Waals surface area contributed by atoms with E-state index in [9.17, 15) is 4.79 Å². The SMILES string of the molecule is CC.CC(N)NOC(C)c1nnc(/C=C/c2nnc(-c3cc[nH]c(=O)c3)o2)n1-c1ccccc1Cl. The van der Waals surface area contributed by atoms with Crippen LogP contribution in [0.2, 0.25) is 5.02 Å². The molecule has 4 N–H and O–H groups in total. The number of para-hydroxylation sites is 1. The number of pyridine rings is 1. The number of rotatable bonds is 8. The number of aromatic amines is 1. The molecule has 0 saturated heterocycles. The monoisotopic (exact) mass is 498 g/mol. The van der Waals surface area contributed by atoms with Gasteiger partial charge in [0, 0.05) is 23.9 Å². The molecule has 0 aliphatic heterocycles. The van der Waals surface area contributed by atoms with Crippen molar-refractivity contribution in [2.24, 2.45) is 5.73 Å². The van der Waals surface area contributed by atoms with Crippen LogP contribution in [0.3, 0.4) is 0 Å². The van der Waals surface area contributed by atoms with Crippen LogP contribution in [0.25, 0.3) is 29.3 Å². The molecular weight excluding hydrogens is 472 g/mol. The molecule has 12 heteroatoms. The molecule has 4 rings (SSSR count). The molecule has 0 aliphatic rings. The third-order valence-corrected chi connectivity index (χ3v) is 4.76. The highest BCUT2D eigenvalue weighted by molar-refractivity contribution is 6.32. The number of aromatic nitrogens is 6. The van der Waals surface area contributed by atoms with Crippen LogP contribution in [0.5, 0.6) is 0 Å². The molecule has 0 bridgehead atoms. The average molecular weight is 499 g/mol. The number of H-pyrrole nitrogens is 1. The Morgan fingerprint density at radius 2 is 1.91 bits per heavy atom. The maximum Gasteiger partial charge on any atom is 0.248 e. The van der Waals surface area contributed by atoms with Crippen LogP contribution in [-0.2, 0) is 4.84 Å². The molecule has 35 heavy (non-hydrogen) atoms. The van der Waals surface area contributed by atoms with Crippen LogP contribution in [0.4, 0.5) is 0 Å². The number of benzene rings is 1. The van der Waals surface area contributed by atoms with E-state index in [-0.39, 0.29) is 23.5 Å². The van der Waals surface area contributed by atoms with E-state index in [2.05, 4.69) is 30.9 Å². The van der Waals surface area contributed by atoms with Crippen LogP contribution >= 0.6 is 11.6 Å². The van der Waals surface area contributed by atoms with E-state index in [1.807, 2.05) is 39.0 Å². The van der Waals surface area contributed by atoms with Gasteiger partial charge in [-0.15, -0.1) is 20.4 Å². The Morgan fingerprint density at radius 3 is 2.63 bits per heavy atom. The van der Waals surface area contributed by atoms with E-state index < -0.39 is 6.10 Å². The first-order valence-electron chi connectivity index (χ1n) is 11.0. The smallest absolute Gasteiger partial charge is 0.248 e. The number of halogens is 1. The van der Waals surface area contributed by atoms with Gasteiger partial charge in [-0.25, -0.2) is 0 Å². The molecule has 3 aromatic heterocycles. The largest absolute Gasteiger partial charge is 0.417 e. The second-order valence-corrected chi connectivity index (χ2v) is 7.50. The Balaban J connectivity index is 0.00000167. The quantitative estimate of drug-likeness (QED) is 0.244. The fraction of sp³-hybridized carbons (Fsp3) is 0.261. The van der Waals surface area contributed by atoms with E-state index in [1.165, 1.54) is 12.3 Å². The molecule has 11 nitrogen and oxygen atoms in total. The molecule has 2 unspecified atom stereocenters. The van der Waals surface area contributed by atoms with Gasteiger partial charge in [0.15, 0.2) is 11.6 Å². The van der Waals surface area contributed by atoms with Crippen LogP contribution < -0.4 is 16.8 Å². The van der Waals surface area contributed by atoms with E-state index in [0.29, 0.717) is 27.9 Å². The Bertz CT molecular complexity index is 1330. The number of nitrogens with zero attached hydrogens (tertiary/aromatic N) is 5. The van der Waals surface area contributed by atoms with Gasteiger partial charge in [0.05, 0.1) is 16.9 Å². The minimum atomic E-state index is -0.492. The molecule has 0 fully saturated rings. The van der Waals surface area contributed by atoms with Gasteiger partial charge in [-0.05, 0) is 38.1 Å². The topological polar surface area (TPSA) is 150 Å². The van der Waals surface area contributed by atoms with Gasteiger partial charge in [0.1, 0.15) is 6.10 Å². The molecule has 0 saturated carbocycles. The van der Waals surface area contributed by atoms with Crippen LogP contribution in [0.15, 0.2) is 51.8 Å². The summed E-state index contributed by atoms with van der Waals surface area (Å²) < 4.78 is 7.41. The zero-order valence-electron chi connectivity index (χ0n) is 19.8. The van der Waals surface area contributed by atoms with E-state index >= 15 is 0 Å². The second-order valence-electron chi connectivity index (χ2n) is 7.09. The summed E-state index contributed by atoms with van der Waals surface area (Å²) in [5, 5.41) is 17.0. The second kappa shape index (κ2) is 12.2. The van der Waals surface area contributed by atoms with Crippen molar-refractivity contribution in [2.75, 3.05) is 0 Å². The van der Waals surface area contributed by atoms with Crippen molar-refractivity contribution in [1.82, 2.24) is 35.4 Å². The Labute approximate surface area is 207 Å². The van der Waals surface area contributed by atoms with Crippen molar-refractivity contribution in [3.05, 3.63) is 75.5 Å². The summed E-state index contributed by atoms with van der Waals surface area (Å²) in [6.07, 6.45) is 3.91. The van der Waals surface area contributed by atoms with Gasteiger partial charge in [0.2, 0.25) is 17.3 Å². The molecule has 184 valence electrons. The van der Waals surface area contributed by atoms with Crippen molar-refractivity contribution >= 4 is 23.8 Å². The highest BCUT2D eigenvalue weighted by atomic mass is 35.5. The summed E-state index contributed by atoms with van der Waals surface area (Å²) in [6.45, 7) is 7.57. The molecule has 0 aliphatic carbocycles. The predicted octanol–water partition coefficient (Wildman–Crippen LogP) is 3.74. The van der Waals surface area contributed by atoms with Gasteiger partial charge < -0.3 is 15.1 Å². The molecule has 0 radical (unpaired) electrons. The molecular formula is C23H27ClN8O3. The third-order valence-electron chi connectivity index (χ3n) is 4.44. The maximum absolute atomic E-state index is 11.5. The summed E-state index contributed by atoms with van der Waals surface area (Å²) in [4.78, 5) is 19.6. The van der Waals surface area contributed by atoms with Crippen molar-refractivity contribution in [3.63, 3.8) is 0 Å². The Kier molecular flexibility index (Phi) is 9.04. The molecule has 1 aromatic carbocycles. The van der Waals surface area contributed by atoms with Crippen molar-refractivity contribution in [3.8, 4) is 17.1 Å².